The molecule has 0 radical (unpaired) electrons. The van der Waals surface area contributed by atoms with Gasteiger partial charge in [0.05, 0.1) is 17.1 Å². The minimum atomic E-state index is -0.691. The van der Waals surface area contributed by atoms with E-state index in [9.17, 15) is 14.4 Å². The summed E-state index contributed by atoms with van der Waals surface area (Å²) >= 11 is 0. The molecule has 33 heavy (non-hydrogen) atoms. The van der Waals surface area contributed by atoms with E-state index in [-0.39, 0.29) is 11.5 Å². The summed E-state index contributed by atoms with van der Waals surface area (Å²) in [6, 6.07) is 26.9. The first-order valence-electron chi connectivity index (χ1n) is 10.3. The maximum Gasteiger partial charge on any atom is 0.357 e. The third-order valence-electron chi connectivity index (χ3n) is 4.90. The first-order valence-corrected chi connectivity index (χ1v) is 10.3. The number of anilines is 1. The van der Waals surface area contributed by atoms with Gasteiger partial charge in [0.1, 0.15) is 0 Å². The van der Waals surface area contributed by atoms with Crippen LogP contribution in [-0.4, -0.2) is 34.0 Å². The average Bonchev–Trinajstić information content (AvgIpc) is 3.30. The van der Waals surface area contributed by atoms with Crippen LogP contribution in [0.3, 0.4) is 0 Å². The molecule has 0 aliphatic carbocycles. The third kappa shape index (κ3) is 5.04. The Labute approximate surface area is 190 Å². The van der Waals surface area contributed by atoms with Gasteiger partial charge in [-0.1, -0.05) is 60.7 Å². The Balaban J connectivity index is 1.54. The van der Waals surface area contributed by atoms with Crippen LogP contribution in [-0.2, 0) is 9.53 Å². The number of carbonyl (C=O) groups is 3. The molecule has 4 aromatic rings. The zero-order valence-corrected chi connectivity index (χ0v) is 17.9. The van der Waals surface area contributed by atoms with Crippen molar-refractivity contribution < 1.29 is 19.1 Å². The van der Waals surface area contributed by atoms with Crippen LogP contribution in [0.4, 0.5) is 5.69 Å². The van der Waals surface area contributed by atoms with Crippen molar-refractivity contribution in [2.75, 3.05) is 11.9 Å². The number of nitrogens with zero attached hydrogens (tertiary/aromatic N) is 2. The van der Waals surface area contributed by atoms with Gasteiger partial charge in [-0.3, -0.25) is 9.59 Å². The Bertz CT molecular complexity index is 1300. The van der Waals surface area contributed by atoms with Gasteiger partial charge in [-0.25, -0.2) is 9.48 Å². The molecule has 1 amide bonds. The van der Waals surface area contributed by atoms with Crippen molar-refractivity contribution in [3.8, 4) is 16.9 Å². The number of amides is 1. The number of hydrogen-bond donors (Lipinski definition) is 1. The summed E-state index contributed by atoms with van der Waals surface area (Å²) < 4.78 is 6.77. The molecule has 0 atom stereocenters. The van der Waals surface area contributed by atoms with Crippen molar-refractivity contribution in [2.45, 2.75) is 6.92 Å². The molecule has 3 aromatic carbocycles. The molecular weight excluding hydrogens is 418 g/mol. The quantitative estimate of drug-likeness (QED) is 0.337. The zero-order valence-electron chi connectivity index (χ0n) is 17.9. The molecule has 0 aliphatic rings. The monoisotopic (exact) mass is 439 g/mol. The number of carbonyl (C=O) groups excluding carboxylic acids is 3. The number of hydrogen-bond acceptors (Lipinski definition) is 5. The lowest BCUT2D eigenvalue weighted by molar-refractivity contribution is -0.119. The molecule has 0 fully saturated rings. The molecule has 0 spiro atoms. The van der Waals surface area contributed by atoms with Crippen LogP contribution < -0.4 is 5.32 Å². The van der Waals surface area contributed by atoms with Gasteiger partial charge in [-0.15, -0.1) is 0 Å². The highest BCUT2D eigenvalue weighted by molar-refractivity contribution is 6.04. The average molecular weight is 439 g/mol. The van der Waals surface area contributed by atoms with Gasteiger partial charge >= 0.3 is 5.97 Å². The Morgan fingerprint density at radius 1 is 0.879 bits per heavy atom. The molecule has 1 heterocycles. The number of benzene rings is 3. The minimum absolute atomic E-state index is 0.178. The molecule has 1 N–H and O–H groups in total. The molecule has 7 heteroatoms. The zero-order chi connectivity index (χ0) is 23.2. The predicted molar refractivity (Wildman–Crippen MR) is 124 cm³/mol. The van der Waals surface area contributed by atoms with E-state index in [4.69, 9.17) is 4.74 Å². The van der Waals surface area contributed by atoms with Crippen LogP contribution >= 0.6 is 0 Å². The smallest absolute Gasteiger partial charge is 0.357 e. The summed E-state index contributed by atoms with van der Waals surface area (Å²) in [5.41, 5.74) is 3.08. The lowest BCUT2D eigenvalue weighted by atomic mass is 10.1. The molecule has 0 bridgehead atoms. The van der Waals surface area contributed by atoms with E-state index in [1.165, 1.54) is 11.6 Å². The number of para-hydroxylation sites is 2. The van der Waals surface area contributed by atoms with Crippen LogP contribution in [0, 0.1) is 0 Å². The molecule has 0 saturated heterocycles. The predicted octanol–water partition coefficient (Wildman–Crippen LogP) is 4.54. The highest BCUT2D eigenvalue weighted by Gasteiger charge is 2.20. The van der Waals surface area contributed by atoms with E-state index >= 15 is 0 Å². The number of nitrogens with one attached hydrogen (secondary N) is 1. The van der Waals surface area contributed by atoms with E-state index in [0.29, 0.717) is 22.6 Å². The molecule has 0 saturated carbocycles. The van der Waals surface area contributed by atoms with Crippen molar-refractivity contribution >= 4 is 23.3 Å². The fourth-order valence-corrected chi connectivity index (χ4v) is 3.33. The minimum Gasteiger partial charge on any atom is -0.451 e. The Hall–Kier alpha value is -4.52. The molecule has 4 rings (SSSR count). The van der Waals surface area contributed by atoms with Crippen LogP contribution in [0.2, 0.25) is 0 Å². The van der Waals surface area contributed by atoms with Crippen molar-refractivity contribution in [3.63, 3.8) is 0 Å². The van der Waals surface area contributed by atoms with Gasteiger partial charge < -0.3 is 10.1 Å². The lowest BCUT2D eigenvalue weighted by Gasteiger charge is -2.10. The van der Waals surface area contributed by atoms with E-state index < -0.39 is 18.5 Å². The first kappa shape index (κ1) is 21.7. The Morgan fingerprint density at radius 2 is 1.52 bits per heavy atom. The van der Waals surface area contributed by atoms with Crippen LogP contribution in [0.25, 0.3) is 16.9 Å². The standard InChI is InChI=1S/C26H21N3O4/c1-18(30)21-14-8-9-15-22(21)27-25(31)17-33-26(32)24-16-23(19-10-4-2-5-11-19)28-29(24)20-12-6-3-7-13-20/h2-16H,17H2,1H3,(H,27,31). The largest absolute Gasteiger partial charge is 0.451 e. The molecule has 7 nitrogen and oxygen atoms in total. The third-order valence-corrected chi connectivity index (χ3v) is 4.90. The van der Waals surface area contributed by atoms with E-state index in [1.807, 2.05) is 60.7 Å². The van der Waals surface area contributed by atoms with Crippen LogP contribution in [0.5, 0.6) is 0 Å². The number of rotatable bonds is 7. The van der Waals surface area contributed by atoms with Gasteiger partial charge in [-0.2, -0.15) is 5.10 Å². The Morgan fingerprint density at radius 3 is 2.21 bits per heavy atom. The first-order chi connectivity index (χ1) is 16.0. The summed E-state index contributed by atoms with van der Waals surface area (Å²) in [4.78, 5) is 37.0. The van der Waals surface area contributed by atoms with Crippen molar-refractivity contribution in [2.24, 2.45) is 0 Å². The van der Waals surface area contributed by atoms with E-state index in [2.05, 4.69) is 10.4 Å². The van der Waals surface area contributed by atoms with Gasteiger partial charge in [-0.05, 0) is 37.3 Å². The highest BCUT2D eigenvalue weighted by atomic mass is 16.5. The second-order valence-corrected chi connectivity index (χ2v) is 7.25. The fourth-order valence-electron chi connectivity index (χ4n) is 3.33. The summed E-state index contributed by atoms with van der Waals surface area (Å²) in [6.45, 7) is 0.909. The van der Waals surface area contributed by atoms with E-state index in [1.54, 1.807) is 30.3 Å². The number of aromatic nitrogens is 2. The molecular formula is C26H21N3O4. The van der Waals surface area contributed by atoms with E-state index in [0.717, 1.165) is 5.56 Å². The summed E-state index contributed by atoms with van der Waals surface area (Å²) in [5, 5.41) is 7.19. The maximum atomic E-state index is 12.9. The summed E-state index contributed by atoms with van der Waals surface area (Å²) in [6.07, 6.45) is 0. The van der Waals surface area contributed by atoms with Gasteiger partial charge in [0, 0.05) is 11.1 Å². The number of Topliss-reactive ketones (excluding diaryl/α,β-unsaturated/α-hetero) is 1. The number of ether oxygens (including phenoxy) is 1. The summed E-state index contributed by atoms with van der Waals surface area (Å²) in [7, 11) is 0. The normalized spacial score (nSPS) is 10.5. The van der Waals surface area contributed by atoms with Gasteiger partial charge in [0.2, 0.25) is 0 Å². The molecule has 164 valence electrons. The Kier molecular flexibility index (Phi) is 6.40. The SMILES string of the molecule is CC(=O)c1ccccc1NC(=O)COC(=O)c1cc(-c2ccccc2)nn1-c1ccccc1. The molecule has 0 unspecified atom stereocenters. The van der Waals surface area contributed by atoms with Crippen LogP contribution in [0.1, 0.15) is 27.8 Å². The van der Waals surface area contributed by atoms with Crippen LogP contribution in [0.15, 0.2) is 91.0 Å². The maximum absolute atomic E-state index is 12.9. The molecule has 1 aromatic heterocycles. The highest BCUT2D eigenvalue weighted by Crippen LogP contribution is 2.22. The van der Waals surface area contributed by atoms with Crippen molar-refractivity contribution in [1.29, 1.82) is 0 Å². The second kappa shape index (κ2) is 9.74. The van der Waals surface area contributed by atoms with Gasteiger partial charge in [0.25, 0.3) is 5.91 Å². The topological polar surface area (TPSA) is 90.3 Å². The van der Waals surface area contributed by atoms with Crippen molar-refractivity contribution in [3.05, 3.63) is 102 Å². The number of esters is 1. The lowest BCUT2D eigenvalue weighted by Crippen LogP contribution is -2.23. The van der Waals surface area contributed by atoms with Crippen molar-refractivity contribution in [1.82, 2.24) is 9.78 Å². The summed E-state index contributed by atoms with van der Waals surface area (Å²) in [5.74, 6) is -1.42. The molecule has 0 aliphatic heterocycles. The van der Waals surface area contributed by atoms with Gasteiger partial charge in [0.15, 0.2) is 18.1 Å². The second-order valence-electron chi connectivity index (χ2n) is 7.25. The number of ketones is 1. The fraction of sp³-hybridized carbons (Fsp3) is 0.0769.